The minimum Gasteiger partial charge on any atom is -0.448 e. The van der Waals surface area contributed by atoms with Crippen molar-refractivity contribution >= 4 is 0 Å². The van der Waals surface area contributed by atoms with Crippen LogP contribution in [0.25, 0.3) is 11.4 Å². The minimum absolute atomic E-state index is 0.292. The van der Waals surface area contributed by atoms with Crippen LogP contribution >= 0.6 is 0 Å². The Morgan fingerprint density at radius 3 is 2.64 bits per heavy atom. The number of hydrogen-bond acceptors (Lipinski definition) is 4. The topological polar surface area (TPSA) is 51.8 Å². The first kappa shape index (κ1) is 8.87. The second-order valence-electron chi connectivity index (χ2n) is 3.32. The number of oxazole rings is 1. The van der Waals surface area contributed by atoms with Gasteiger partial charge < -0.3 is 4.42 Å². The quantitative estimate of drug-likeness (QED) is 0.727. The average Bonchev–Trinajstić information content (AvgIpc) is 2.68. The monoisotopic (exact) mass is 189 g/mol. The third kappa shape index (κ3) is 1.64. The Balaban J connectivity index is 2.34. The van der Waals surface area contributed by atoms with Crippen LogP contribution < -0.4 is 0 Å². The molecule has 0 spiro atoms. The molecule has 0 aliphatic rings. The van der Waals surface area contributed by atoms with Gasteiger partial charge >= 0.3 is 0 Å². The molecule has 0 aromatic carbocycles. The maximum atomic E-state index is 5.30. The Hall–Kier alpha value is -1.71. The van der Waals surface area contributed by atoms with E-state index in [-0.39, 0.29) is 0 Å². The van der Waals surface area contributed by atoms with Crippen LogP contribution in [-0.4, -0.2) is 15.0 Å². The lowest BCUT2D eigenvalue weighted by atomic mass is 10.2. The highest BCUT2D eigenvalue weighted by molar-refractivity contribution is 5.50. The van der Waals surface area contributed by atoms with Crippen LogP contribution in [0, 0.1) is 0 Å². The van der Waals surface area contributed by atoms with Gasteiger partial charge in [-0.2, -0.15) is 0 Å². The van der Waals surface area contributed by atoms with E-state index < -0.39 is 0 Å². The van der Waals surface area contributed by atoms with Crippen molar-refractivity contribution in [3.8, 4) is 11.4 Å². The molecule has 0 amide bonds. The van der Waals surface area contributed by atoms with Crippen LogP contribution in [0.3, 0.4) is 0 Å². The summed E-state index contributed by atoms with van der Waals surface area (Å²) in [6.07, 6.45) is 6.55. The van der Waals surface area contributed by atoms with E-state index in [0.29, 0.717) is 5.92 Å². The van der Waals surface area contributed by atoms with Gasteiger partial charge in [0, 0.05) is 18.3 Å². The van der Waals surface area contributed by atoms with Crippen molar-refractivity contribution < 1.29 is 4.42 Å². The van der Waals surface area contributed by atoms with Gasteiger partial charge in [0.2, 0.25) is 0 Å². The van der Waals surface area contributed by atoms with E-state index in [1.54, 1.807) is 24.9 Å². The maximum Gasteiger partial charge on any atom is 0.197 e. The molecular weight excluding hydrogens is 178 g/mol. The summed E-state index contributed by atoms with van der Waals surface area (Å²) in [6, 6.07) is 0. The first-order valence-electron chi connectivity index (χ1n) is 4.49. The lowest BCUT2D eigenvalue weighted by Crippen LogP contribution is -1.88. The molecule has 0 atom stereocenters. The fourth-order valence-corrected chi connectivity index (χ4v) is 1.10. The van der Waals surface area contributed by atoms with Gasteiger partial charge in [0.25, 0.3) is 0 Å². The summed E-state index contributed by atoms with van der Waals surface area (Å²) in [5.41, 5.74) is 1.48. The summed E-state index contributed by atoms with van der Waals surface area (Å²) >= 11 is 0. The van der Waals surface area contributed by atoms with Gasteiger partial charge in [-0.05, 0) is 0 Å². The predicted molar refractivity (Wildman–Crippen MR) is 51.6 cm³/mol. The number of hydrogen-bond donors (Lipinski definition) is 0. The molecule has 0 fully saturated rings. The van der Waals surface area contributed by atoms with Gasteiger partial charge in [0.15, 0.2) is 5.89 Å². The summed E-state index contributed by atoms with van der Waals surface area (Å²) in [7, 11) is 0. The molecule has 0 aliphatic heterocycles. The fourth-order valence-electron chi connectivity index (χ4n) is 1.10. The van der Waals surface area contributed by atoms with Gasteiger partial charge in [-0.25, -0.2) is 4.98 Å². The van der Waals surface area contributed by atoms with Crippen LogP contribution in [0.2, 0.25) is 0 Å². The predicted octanol–water partition coefficient (Wildman–Crippen LogP) is 2.25. The van der Waals surface area contributed by atoms with Crippen molar-refractivity contribution in [1.29, 1.82) is 0 Å². The number of aromatic nitrogens is 3. The van der Waals surface area contributed by atoms with E-state index >= 15 is 0 Å². The second kappa shape index (κ2) is 3.57. The van der Waals surface area contributed by atoms with E-state index in [1.165, 1.54) is 0 Å². The van der Waals surface area contributed by atoms with Crippen molar-refractivity contribution in [2.45, 2.75) is 19.8 Å². The molecule has 0 N–H and O–H groups in total. The van der Waals surface area contributed by atoms with Crippen molar-refractivity contribution in [2.24, 2.45) is 0 Å². The molecular formula is C10H11N3O. The van der Waals surface area contributed by atoms with Crippen LogP contribution in [0.5, 0.6) is 0 Å². The maximum absolute atomic E-state index is 5.30. The molecule has 72 valence electrons. The lowest BCUT2D eigenvalue weighted by molar-refractivity contribution is 0.471. The summed E-state index contributed by atoms with van der Waals surface area (Å²) in [5.74, 6) is 1.02. The normalized spacial score (nSPS) is 10.8. The SMILES string of the molecule is CC(C)c1nc(-c2cnccn2)co1. The molecule has 2 heterocycles. The molecule has 0 unspecified atom stereocenters. The van der Waals surface area contributed by atoms with Crippen molar-refractivity contribution in [3.63, 3.8) is 0 Å². The number of nitrogens with zero attached hydrogens (tertiary/aromatic N) is 3. The zero-order chi connectivity index (χ0) is 9.97. The molecule has 0 bridgehead atoms. The van der Waals surface area contributed by atoms with Gasteiger partial charge in [-0.3, -0.25) is 9.97 Å². The highest BCUT2D eigenvalue weighted by Crippen LogP contribution is 2.19. The van der Waals surface area contributed by atoms with E-state index in [1.807, 2.05) is 13.8 Å². The molecule has 2 rings (SSSR count). The fraction of sp³-hybridized carbons (Fsp3) is 0.300. The van der Waals surface area contributed by atoms with Crippen LogP contribution in [0.4, 0.5) is 0 Å². The smallest absolute Gasteiger partial charge is 0.197 e. The highest BCUT2D eigenvalue weighted by Gasteiger charge is 2.09. The van der Waals surface area contributed by atoms with Crippen molar-refractivity contribution in [2.75, 3.05) is 0 Å². The Labute approximate surface area is 82.0 Å². The minimum atomic E-state index is 0.292. The second-order valence-corrected chi connectivity index (χ2v) is 3.32. The molecule has 14 heavy (non-hydrogen) atoms. The van der Waals surface area contributed by atoms with E-state index in [2.05, 4.69) is 15.0 Å². The molecule has 0 aliphatic carbocycles. The van der Waals surface area contributed by atoms with Gasteiger partial charge in [-0.15, -0.1) is 0 Å². The van der Waals surface area contributed by atoms with Crippen LogP contribution in [-0.2, 0) is 0 Å². The average molecular weight is 189 g/mol. The van der Waals surface area contributed by atoms with Crippen LogP contribution in [0.1, 0.15) is 25.7 Å². The molecule has 0 saturated carbocycles. The van der Waals surface area contributed by atoms with Gasteiger partial charge in [0.1, 0.15) is 17.7 Å². The van der Waals surface area contributed by atoms with E-state index in [9.17, 15) is 0 Å². The molecule has 0 radical (unpaired) electrons. The zero-order valence-electron chi connectivity index (χ0n) is 8.14. The Morgan fingerprint density at radius 1 is 1.21 bits per heavy atom. The Bertz CT molecular complexity index is 408. The molecule has 0 saturated heterocycles. The highest BCUT2D eigenvalue weighted by atomic mass is 16.3. The zero-order valence-corrected chi connectivity index (χ0v) is 8.14. The largest absolute Gasteiger partial charge is 0.448 e. The van der Waals surface area contributed by atoms with Gasteiger partial charge in [0.05, 0.1) is 6.20 Å². The van der Waals surface area contributed by atoms with Crippen molar-refractivity contribution in [3.05, 3.63) is 30.7 Å². The third-order valence-electron chi connectivity index (χ3n) is 1.84. The summed E-state index contributed by atoms with van der Waals surface area (Å²) in [4.78, 5) is 12.4. The first-order chi connectivity index (χ1) is 6.77. The van der Waals surface area contributed by atoms with E-state index in [4.69, 9.17) is 4.42 Å². The lowest BCUT2D eigenvalue weighted by Gasteiger charge is -1.94. The summed E-state index contributed by atoms with van der Waals surface area (Å²) in [5, 5.41) is 0. The molecule has 4 nitrogen and oxygen atoms in total. The molecule has 2 aromatic rings. The van der Waals surface area contributed by atoms with Gasteiger partial charge in [-0.1, -0.05) is 13.8 Å². The van der Waals surface area contributed by atoms with E-state index in [0.717, 1.165) is 17.3 Å². The molecule has 4 heteroatoms. The first-order valence-corrected chi connectivity index (χ1v) is 4.49. The third-order valence-corrected chi connectivity index (χ3v) is 1.84. The Kier molecular flexibility index (Phi) is 2.26. The number of rotatable bonds is 2. The Morgan fingerprint density at radius 2 is 2.07 bits per heavy atom. The molecule has 2 aromatic heterocycles. The van der Waals surface area contributed by atoms with Crippen molar-refractivity contribution in [1.82, 2.24) is 15.0 Å². The standard InChI is InChI=1S/C10H11N3O/c1-7(2)10-13-9(6-14-10)8-5-11-3-4-12-8/h3-7H,1-2H3. The summed E-state index contributed by atoms with van der Waals surface area (Å²) in [6.45, 7) is 4.07. The van der Waals surface area contributed by atoms with Crippen LogP contribution in [0.15, 0.2) is 29.3 Å². The summed E-state index contributed by atoms with van der Waals surface area (Å²) < 4.78 is 5.30.